The molecular weight excluding hydrogens is 198 g/mol. The van der Waals surface area contributed by atoms with E-state index in [2.05, 4.69) is 19.2 Å². The Morgan fingerprint density at radius 3 is 2.31 bits per heavy atom. The lowest BCUT2D eigenvalue weighted by Gasteiger charge is -2.29. The van der Waals surface area contributed by atoms with Gasteiger partial charge < -0.3 is 10.4 Å². The van der Waals surface area contributed by atoms with Gasteiger partial charge in [0.2, 0.25) is 0 Å². The van der Waals surface area contributed by atoms with Gasteiger partial charge in [-0.3, -0.25) is 0 Å². The summed E-state index contributed by atoms with van der Waals surface area (Å²) in [6.45, 7) is 5.52. The van der Waals surface area contributed by atoms with Crippen molar-refractivity contribution in [1.82, 2.24) is 5.32 Å². The maximum atomic E-state index is 9.90. The van der Waals surface area contributed by atoms with Crippen LogP contribution in [0.3, 0.4) is 0 Å². The Kier molecular flexibility index (Phi) is 7.06. The summed E-state index contributed by atoms with van der Waals surface area (Å²) in [6.07, 6.45) is 9.74. The van der Waals surface area contributed by atoms with Crippen LogP contribution in [-0.2, 0) is 0 Å². The molecule has 1 aliphatic rings. The Morgan fingerprint density at radius 2 is 1.75 bits per heavy atom. The van der Waals surface area contributed by atoms with Crippen molar-refractivity contribution < 1.29 is 5.11 Å². The molecule has 0 spiro atoms. The van der Waals surface area contributed by atoms with E-state index in [1.807, 2.05) is 0 Å². The Labute approximate surface area is 101 Å². The van der Waals surface area contributed by atoms with Crippen LogP contribution < -0.4 is 5.32 Å². The summed E-state index contributed by atoms with van der Waals surface area (Å²) in [7, 11) is 0. The van der Waals surface area contributed by atoms with E-state index < -0.39 is 0 Å². The third-order valence-corrected chi connectivity index (χ3v) is 3.81. The van der Waals surface area contributed by atoms with Gasteiger partial charge in [0.1, 0.15) is 0 Å². The first kappa shape index (κ1) is 14.0. The van der Waals surface area contributed by atoms with E-state index in [-0.39, 0.29) is 6.10 Å². The fourth-order valence-electron chi connectivity index (χ4n) is 2.79. The van der Waals surface area contributed by atoms with Crippen LogP contribution >= 0.6 is 0 Å². The van der Waals surface area contributed by atoms with Crippen molar-refractivity contribution in [3.63, 3.8) is 0 Å². The molecule has 2 atom stereocenters. The van der Waals surface area contributed by atoms with Gasteiger partial charge in [-0.2, -0.15) is 0 Å². The monoisotopic (exact) mass is 227 g/mol. The third-order valence-electron chi connectivity index (χ3n) is 3.81. The van der Waals surface area contributed by atoms with Gasteiger partial charge in [0.15, 0.2) is 0 Å². The normalized spacial score (nSPS) is 26.2. The summed E-state index contributed by atoms with van der Waals surface area (Å²) in [5.41, 5.74) is 0. The molecule has 1 aliphatic carbocycles. The zero-order chi connectivity index (χ0) is 11.8. The minimum atomic E-state index is -0.0508. The van der Waals surface area contributed by atoms with E-state index in [0.717, 1.165) is 13.0 Å². The van der Waals surface area contributed by atoms with Crippen LogP contribution in [0.1, 0.15) is 65.2 Å². The maximum absolute atomic E-state index is 9.90. The molecule has 0 saturated heterocycles. The largest absolute Gasteiger partial charge is 0.393 e. The molecule has 1 saturated carbocycles. The molecule has 0 aromatic heterocycles. The predicted molar refractivity (Wildman–Crippen MR) is 69.6 cm³/mol. The quantitative estimate of drug-likeness (QED) is 0.700. The molecule has 0 radical (unpaired) electrons. The molecule has 0 heterocycles. The first-order chi connectivity index (χ1) is 7.77. The molecule has 2 heteroatoms. The van der Waals surface area contributed by atoms with Gasteiger partial charge in [-0.25, -0.2) is 0 Å². The van der Waals surface area contributed by atoms with Crippen molar-refractivity contribution in [2.24, 2.45) is 5.92 Å². The van der Waals surface area contributed by atoms with Crippen molar-refractivity contribution in [3.05, 3.63) is 0 Å². The van der Waals surface area contributed by atoms with E-state index in [1.165, 1.54) is 44.9 Å². The van der Waals surface area contributed by atoms with Crippen molar-refractivity contribution >= 4 is 0 Å². The summed E-state index contributed by atoms with van der Waals surface area (Å²) in [6, 6.07) is 0.670. The highest BCUT2D eigenvalue weighted by atomic mass is 16.3. The zero-order valence-electron chi connectivity index (χ0n) is 11.0. The first-order valence-electron chi connectivity index (χ1n) is 7.19. The SMILES string of the molecule is CCCC(CCC)NCC1CCCCC1O. The van der Waals surface area contributed by atoms with E-state index >= 15 is 0 Å². The Bertz CT molecular complexity index is 166. The van der Waals surface area contributed by atoms with Crippen molar-refractivity contribution in [3.8, 4) is 0 Å². The smallest absolute Gasteiger partial charge is 0.0580 e. The van der Waals surface area contributed by atoms with E-state index in [9.17, 15) is 5.11 Å². The molecule has 2 nitrogen and oxygen atoms in total. The fourth-order valence-corrected chi connectivity index (χ4v) is 2.79. The molecule has 0 aromatic carbocycles. The van der Waals surface area contributed by atoms with Crippen molar-refractivity contribution in [2.45, 2.75) is 77.4 Å². The highest BCUT2D eigenvalue weighted by molar-refractivity contribution is 4.78. The molecule has 2 unspecified atom stereocenters. The Hall–Kier alpha value is -0.0800. The second kappa shape index (κ2) is 8.08. The molecular formula is C14H29NO. The van der Waals surface area contributed by atoms with Crippen LogP contribution in [0.2, 0.25) is 0 Å². The molecule has 0 aromatic rings. The van der Waals surface area contributed by atoms with Crippen molar-refractivity contribution in [1.29, 1.82) is 0 Å². The topological polar surface area (TPSA) is 32.3 Å². The van der Waals surface area contributed by atoms with Gasteiger partial charge in [0, 0.05) is 12.6 Å². The highest BCUT2D eigenvalue weighted by Crippen LogP contribution is 2.24. The lowest BCUT2D eigenvalue weighted by molar-refractivity contribution is 0.0677. The van der Waals surface area contributed by atoms with Crippen LogP contribution in [-0.4, -0.2) is 23.8 Å². The van der Waals surface area contributed by atoms with Gasteiger partial charge in [-0.1, -0.05) is 39.5 Å². The molecule has 0 bridgehead atoms. The standard InChI is InChI=1S/C14H29NO/c1-3-7-13(8-4-2)15-11-12-9-5-6-10-14(12)16/h12-16H,3-11H2,1-2H3. The summed E-state index contributed by atoms with van der Waals surface area (Å²) in [4.78, 5) is 0. The van der Waals surface area contributed by atoms with E-state index in [0.29, 0.717) is 12.0 Å². The average Bonchev–Trinajstić information content (AvgIpc) is 2.28. The number of hydrogen-bond donors (Lipinski definition) is 2. The first-order valence-corrected chi connectivity index (χ1v) is 7.19. The molecule has 2 N–H and O–H groups in total. The second-order valence-electron chi connectivity index (χ2n) is 5.29. The summed E-state index contributed by atoms with van der Waals surface area (Å²) in [5, 5.41) is 13.6. The van der Waals surface area contributed by atoms with Gasteiger partial charge >= 0.3 is 0 Å². The fraction of sp³-hybridized carbons (Fsp3) is 1.00. The number of hydrogen-bond acceptors (Lipinski definition) is 2. The number of aliphatic hydroxyl groups is 1. The maximum Gasteiger partial charge on any atom is 0.0580 e. The van der Waals surface area contributed by atoms with Gasteiger partial charge in [0.25, 0.3) is 0 Å². The minimum absolute atomic E-state index is 0.0508. The average molecular weight is 227 g/mol. The molecule has 16 heavy (non-hydrogen) atoms. The number of rotatable bonds is 7. The Morgan fingerprint density at radius 1 is 1.12 bits per heavy atom. The van der Waals surface area contributed by atoms with Gasteiger partial charge in [-0.05, 0) is 31.6 Å². The number of nitrogens with one attached hydrogen (secondary N) is 1. The van der Waals surface area contributed by atoms with Crippen LogP contribution in [0.5, 0.6) is 0 Å². The summed E-state index contributed by atoms with van der Waals surface area (Å²) in [5.74, 6) is 0.505. The van der Waals surface area contributed by atoms with Crippen LogP contribution in [0.4, 0.5) is 0 Å². The highest BCUT2D eigenvalue weighted by Gasteiger charge is 2.23. The lowest BCUT2D eigenvalue weighted by Crippen LogP contribution is -2.38. The van der Waals surface area contributed by atoms with Crippen LogP contribution in [0, 0.1) is 5.92 Å². The molecule has 0 amide bonds. The van der Waals surface area contributed by atoms with Crippen LogP contribution in [0.25, 0.3) is 0 Å². The van der Waals surface area contributed by atoms with E-state index in [1.54, 1.807) is 0 Å². The summed E-state index contributed by atoms with van der Waals surface area (Å²) < 4.78 is 0. The molecule has 1 fully saturated rings. The zero-order valence-corrected chi connectivity index (χ0v) is 11.0. The van der Waals surface area contributed by atoms with Gasteiger partial charge in [0.05, 0.1) is 6.10 Å². The third kappa shape index (κ3) is 4.84. The van der Waals surface area contributed by atoms with Gasteiger partial charge in [-0.15, -0.1) is 0 Å². The minimum Gasteiger partial charge on any atom is -0.393 e. The Balaban J connectivity index is 2.23. The second-order valence-corrected chi connectivity index (χ2v) is 5.29. The van der Waals surface area contributed by atoms with Crippen LogP contribution in [0.15, 0.2) is 0 Å². The van der Waals surface area contributed by atoms with Crippen molar-refractivity contribution in [2.75, 3.05) is 6.54 Å². The summed E-state index contributed by atoms with van der Waals surface area (Å²) >= 11 is 0. The lowest BCUT2D eigenvalue weighted by atomic mass is 9.86. The predicted octanol–water partition coefficient (Wildman–Crippen LogP) is 3.10. The molecule has 96 valence electrons. The number of aliphatic hydroxyl groups excluding tert-OH is 1. The molecule has 0 aliphatic heterocycles. The van der Waals surface area contributed by atoms with E-state index in [4.69, 9.17) is 0 Å². The molecule has 1 rings (SSSR count).